The van der Waals surface area contributed by atoms with Gasteiger partial charge in [0.1, 0.15) is 5.82 Å². The van der Waals surface area contributed by atoms with Crippen molar-refractivity contribution in [1.29, 1.82) is 0 Å². The molecule has 0 aliphatic rings. The first-order valence-corrected chi connectivity index (χ1v) is 5.76. The van der Waals surface area contributed by atoms with Gasteiger partial charge in [-0.1, -0.05) is 23.4 Å². The fraction of sp³-hybridized carbons (Fsp3) is 0.0769. The third kappa shape index (κ3) is 2.28. The van der Waals surface area contributed by atoms with Gasteiger partial charge in [-0.05, 0) is 18.2 Å². The topological polar surface area (TPSA) is 72.7 Å². The summed E-state index contributed by atoms with van der Waals surface area (Å²) in [5.74, 6) is 0.172. The Hall–Kier alpha value is -2.76. The first-order valence-electron chi connectivity index (χ1n) is 5.76. The van der Waals surface area contributed by atoms with Gasteiger partial charge in [-0.3, -0.25) is 9.48 Å². The molecule has 94 valence electrons. The highest BCUT2D eigenvalue weighted by atomic mass is 16.2. The minimum absolute atomic E-state index is 0.262. The minimum Gasteiger partial charge on any atom is -0.305 e. The number of carbonyl (C=O) groups excluding carboxylic acids is 1. The Morgan fingerprint density at radius 3 is 2.84 bits per heavy atom. The molecular weight excluding hydrogens is 242 g/mol. The lowest BCUT2D eigenvalue weighted by molar-refractivity contribution is 0.102. The maximum Gasteiger partial charge on any atom is 0.278 e. The highest BCUT2D eigenvalue weighted by Gasteiger charge is 2.10. The SMILES string of the molecule is Cn1cc(C(=O)Nc2ccc3ccccc3n2)nn1. The van der Waals surface area contributed by atoms with Crippen LogP contribution in [0.15, 0.2) is 42.6 Å². The van der Waals surface area contributed by atoms with E-state index in [0.717, 1.165) is 10.9 Å². The first kappa shape index (κ1) is 11.3. The van der Waals surface area contributed by atoms with Crippen LogP contribution in [-0.2, 0) is 7.05 Å². The molecule has 1 aromatic carbocycles. The number of amides is 1. The monoisotopic (exact) mass is 253 g/mol. The van der Waals surface area contributed by atoms with Crippen molar-refractivity contribution >= 4 is 22.6 Å². The van der Waals surface area contributed by atoms with Gasteiger partial charge in [0.05, 0.1) is 11.7 Å². The van der Waals surface area contributed by atoms with E-state index in [2.05, 4.69) is 20.6 Å². The zero-order valence-electron chi connectivity index (χ0n) is 10.2. The van der Waals surface area contributed by atoms with E-state index in [0.29, 0.717) is 5.82 Å². The lowest BCUT2D eigenvalue weighted by Crippen LogP contribution is -2.13. The van der Waals surface area contributed by atoms with E-state index in [1.54, 1.807) is 19.3 Å². The summed E-state index contributed by atoms with van der Waals surface area (Å²) in [6.07, 6.45) is 1.55. The maximum atomic E-state index is 11.9. The van der Waals surface area contributed by atoms with Crippen molar-refractivity contribution in [2.75, 3.05) is 5.32 Å². The van der Waals surface area contributed by atoms with Crippen molar-refractivity contribution in [1.82, 2.24) is 20.0 Å². The second-order valence-corrected chi connectivity index (χ2v) is 4.12. The molecule has 3 aromatic rings. The molecule has 0 spiro atoms. The molecule has 6 heteroatoms. The van der Waals surface area contributed by atoms with Gasteiger partial charge in [0, 0.05) is 12.4 Å². The summed E-state index contributed by atoms with van der Waals surface area (Å²) in [5, 5.41) is 11.2. The van der Waals surface area contributed by atoms with Crippen LogP contribution in [0.3, 0.4) is 0 Å². The van der Waals surface area contributed by atoms with Gasteiger partial charge in [0.25, 0.3) is 5.91 Å². The van der Waals surface area contributed by atoms with Gasteiger partial charge < -0.3 is 5.32 Å². The van der Waals surface area contributed by atoms with Crippen LogP contribution in [-0.4, -0.2) is 25.9 Å². The van der Waals surface area contributed by atoms with Crippen LogP contribution in [0.25, 0.3) is 10.9 Å². The number of nitrogens with zero attached hydrogens (tertiary/aromatic N) is 4. The molecule has 0 fully saturated rings. The predicted molar refractivity (Wildman–Crippen MR) is 70.7 cm³/mol. The van der Waals surface area contributed by atoms with Crippen LogP contribution >= 0.6 is 0 Å². The summed E-state index contributed by atoms with van der Waals surface area (Å²) < 4.78 is 1.47. The zero-order valence-corrected chi connectivity index (χ0v) is 10.2. The fourth-order valence-corrected chi connectivity index (χ4v) is 1.77. The zero-order chi connectivity index (χ0) is 13.2. The van der Waals surface area contributed by atoms with Gasteiger partial charge in [0.15, 0.2) is 5.69 Å². The van der Waals surface area contributed by atoms with Crippen LogP contribution in [0.2, 0.25) is 0 Å². The van der Waals surface area contributed by atoms with E-state index in [9.17, 15) is 4.79 Å². The summed E-state index contributed by atoms with van der Waals surface area (Å²) >= 11 is 0. The molecule has 0 unspecified atom stereocenters. The van der Waals surface area contributed by atoms with Crippen LogP contribution < -0.4 is 5.32 Å². The molecule has 0 aliphatic carbocycles. The molecule has 0 atom stereocenters. The van der Waals surface area contributed by atoms with E-state index in [-0.39, 0.29) is 11.6 Å². The lowest BCUT2D eigenvalue weighted by Gasteiger charge is -2.03. The smallest absolute Gasteiger partial charge is 0.278 e. The highest BCUT2D eigenvalue weighted by Crippen LogP contribution is 2.14. The van der Waals surface area contributed by atoms with Crippen molar-refractivity contribution < 1.29 is 4.79 Å². The second kappa shape index (κ2) is 4.49. The number of para-hydroxylation sites is 1. The quantitative estimate of drug-likeness (QED) is 0.753. The first-order chi connectivity index (χ1) is 9.22. The molecule has 1 amide bonds. The summed E-state index contributed by atoms with van der Waals surface area (Å²) in [4.78, 5) is 16.3. The van der Waals surface area contributed by atoms with E-state index >= 15 is 0 Å². The lowest BCUT2D eigenvalue weighted by atomic mass is 10.2. The Labute approximate surface area is 109 Å². The van der Waals surface area contributed by atoms with E-state index in [1.807, 2.05) is 30.3 Å². The summed E-state index contributed by atoms with van der Waals surface area (Å²) in [6.45, 7) is 0. The van der Waals surface area contributed by atoms with E-state index < -0.39 is 0 Å². The van der Waals surface area contributed by atoms with E-state index in [1.165, 1.54) is 4.68 Å². The van der Waals surface area contributed by atoms with Gasteiger partial charge in [-0.15, -0.1) is 5.10 Å². The number of nitrogens with one attached hydrogen (secondary N) is 1. The summed E-state index contributed by atoms with van der Waals surface area (Å²) in [5.41, 5.74) is 1.09. The Balaban J connectivity index is 1.87. The molecule has 0 saturated heterocycles. The standard InChI is InChI=1S/C13H11N5O/c1-18-8-11(16-17-18)13(19)15-12-7-6-9-4-2-3-5-10(9)14-12/h2-8H,1H3,(H,14,15,19). The number of hydrogen-bond donors (Lipinski definition) is 1. The average Bonchev–Trinajstić information content (AvgIpc) is 2.85. The molecule has 3 rings (SSSR count). The van der Waals surface area contributed by atoms with Crippen molar-refractivity contribution in [3.63, 3.8) is 0 Å². The number of aromatic nitrogens is 4. The number of fused-ring (bicyclic) bond motifs is 1. The molecule has 19 heavy (non-hydrogen) atoms. The number of rotatable bonds is 2. The molecular formula is C13H11N5O. The van der Waals surface area contributed by atoms with Crippen molar-refractivity contribution in [2.24, 2.45) is 7.05 Å². The Morgan fingerprint density at radius 1 is 1.21 bits per heavy atom. The number of aryl methyl sites for hydroxylation is 1. The molecule has 2 heterocycles. The average molecular weight is 253 g/mol. The van der Waals surface area contributed by atoms with Crippen molar-refractivity contribution in [2.45, 2.75) is 0 Å². The van der Waals surface area contributed by atoms with Crippen LogP contribution in [0.5, 0.6) is 0 Å². The third-order valence-electron chi connectivity index (χ3n) is 2.68. The van der Waals surface area contributed by atoms with Crippen LogP contribution in [0.1, 0.15) is 10.5 Å². The molecule has 1 N–H and O–H groups in total. The number of hydrogen-bond acceptors (Lipinski definition) is 4. The largest absolute Gasteiger partial charge is 0.305 e. The number of carbonyl (C=O) groups is 1. The molecule has 6 nitrogen and oxygen atoms in total. The van der Waals surface area contributed by atoms with Gasteiger partial charge in [-0.25, -0.2) is 4.98 Å². The maximum absolute atomic E-state index is 11.9. The number of pyridine rings is 1. The summed E-state index contributed by atoms with van der Waals surface area (Å²) in [7, 11) is 1.71. The van der Waals surface area contributed by atoms with Gasteiger partial charge in [-0.2, -0.15) is 0 Å². The normalized spacial score (nSPS) is 10.6. The fourth-order valence-electron chi connectivity index (χ4n) is 1.77. The third-order valence-corrected chi connectivity index (χ3v) is 2.68. The van der Waals surface area contributed by atoms with E-state index in [4.69, 9.17) is 0 Å². The summed E-state index contributed by atoms with van der Waals surface area (Å²) in [6, 6.07) is 11.4. The van der Waals surface area contributed by atoms with Crippen LogP contribution in [0.4, 0.5) is 5.82 Å². The molecule has 0 aliphatic heterocycles. The Bertz CT molecular complexity index is 749. The predicted octanol–water partition coefficient (Wildman–Crippen LogP) is 1.62. The van der Waals surface area contributed by atoms with Crippen molar-refractivity contribution in [3.8, 4) is 0 Å². The Morgan fingerprint density at radius 2 is 2.05 bits per heavy atom. The molecule has 0 radical (unpaired) electrons. The second-order valence-electron chi connectivity index (χ2n) is 4.12. The molecule has 2 aromatic heterocycles. The highest BCUT2D eigenvalue weighted by molar-refractivity contribution is 6.02. The molecule has 0 saturated carbocycles. The van der Waals surface area contributed by atoms with Gasteiger partial charge in [0.2, 0.25) is 0 Å². The molecule has 0 bridgehead atoms. The number of benzene rings is 1. The minimum atomic E-state index is -0.323. The van der Waals surface area contributed by atoms with Gasteiger partial charge >= 0.3 is 0 Å². The van der Waals surface area contributed by atoms with Crippen molar-refractivity contribution in [3.05, 3.63) is 48.3 Å². The number of anilines is 1. The Kier molecular flexibility index (Phi) is 2.68. The van der Waals surface area contributed by atoms with Crippen LogP contribution in [0, 0.1) is 0 Å².